The van der Waals surface area contributed by atoms with E-state index in [9.17, 15) is 13.2 Å². The zero-order valence-electron chi connectivity index (χ0n) is 6.99. The summed E-state index contributed by atoms with van der Waals surface area (Å²) in [4.78, 5) is 0. The first kappa shape index (κ1) is 14.5. The van der Waals surface area contributed by atoms with Crippen LogP contribution in [-0.2, 0) is 4.74 Å². The van der Waals surface area contributed by atoms with E-state index in [1.165, 1.54) is 0 Å². The van der Waals surface area contributed by atoms with Gasteiger partial charge >= 0.3 is 6.36 Å². The minimum absolute atomic E-state index is 0. The maximum Gasteiger partial charge on any atom is 0.522 e. The number of hydrogen-bond donors (Lipinski definition) is 1. The van der Waals surface area contributed by atoms with Crippen LogP contribution in [0.3, 0.4) is 0 Å². The number of alkyl halides is 3. The summed E-state index contributed by atoms with van der Waals surface area (Å²) in [5, 5.41) is 1.78. The molecule has 0 aromatic carbocycles. The number of hydrogen-bond acceptors (Lipinski definition) is 1. The molecule has 0 spiro atoms. The third-order valence-electron chi connectivity index (χ3n) is 1.15. The van der Waals surface area contributed by atoms with Gasteiger partial charge in [-0.3, -0.25) is 4.74 Å². The molecule has 0 fully saturated rings. The minimum Gasteiger partial charge on any atom is -1.00 e. The van der Waals surface area contributed by atoms with E-state index in [0.717, 1.165) is 6.54 Å². The third-order valence-corrected chi connectivity index (χ3v) is 1.15. The van der Waals surface area contributed by atoms with Crippen molar-refractivity contribution in [2.75, 3.05) is 13.2 Å². The Morgan fingerprint density at radius 3 is 2.25 bits per heavy atom. The van der Waals surface area contributed by atoms with Gasteiger partial charge in [0.25, 0.3) is 0 Å². The molecule has 0 saturated carbocycles. The Bertz CT molecular complexity index is 109. The second-order valence-corrected chi connectivity index (χ2v) is 2.38. The zero-order valence-corrected chi connectivity index (χ0v) is 7.74. The summed E-state index contributed by atoms with van der Waals surface area (Å²) in [6.45, 7) is 4.05. The Labute approximate surface area is 75.9 Å². The quantitative estimate of drug-likeness (QED) is 0.542. The van der Waals surface area contributed by atoms with Gasteiger partial charge in [0.2, 0.25) is 0 Å². The molecular weight excluding hydrogens is 195 g/mol. The smallest absolute Gasteiger partial charge is 0.522 e. The van der Waals surface area contributed by atoms with Gasteiger partial charge in [0.1, 0.15) is 12.6 Å². The molecule has 0 saturated heterocycles. The molecule has 6 heteroatoms. The van der Waals surface area contributed by atoms with E-state index in [2.05, 4.69) is 4.74 Å². The predicted octanol–water partition coefficient (Wildman–Crippen LogP) is -2.50. The van der Waals surface area contributed by atoms with Crippen molar-refractivity contribution in [3.05, 3.63) is 0 Å². The van der Waals surface area contributed by atoms with Crippen molar-refractivity contribution >= 4 is 0 Å². The van der Waals surface area contributed by atoms with Gasteiger partial charge in [-0.2, -0.15) is 0 Å². The van der Waals surface area contributed by atoms with E-state index in [0.29, 0.717) is 0 Å². The normalized spacial score (nSPS) is 13.8. The summed E-state index contributed by atoms with van der Waals surface area (Å²) in [5.74, 6) is 0. The van der Waals surface area contributed by atoms with Crippen molar-refractivity contribution in [1.29, 1.82) is 0 Å². The van der Waals surface area contributed by atoms with Crippen molar-refractivity contribution in [1.82, 2.24) is 0 Å². The lowest BCUT2D eigenvalue weighted by molar-refractivity contribution is -0.687. The molecule has 0 aromatic rings. The van der Waals surface area contributed by atoms with Gasteiger partial charge in [-0.15, -0.1) is 13.2 Å². The van der Waals surface area contributed by atoms with Crippen molar-refractivity contribution in [3.63, 3.8) is 0 Å². The monoisotopic (exact) mass is 207 g/mol. The first-order valence-electron chi connectivity index (χ1n) is 3.49. The molecule has 0 rings (SSSR count). The highest BCUT2D eigenvalue weighted by molar-refractivity contribution is 4.41. The highest BCUT2D eigenvalue weighted by Crippen LogP contribution is 2.15. The van der Waals surface area contributed by atoms with Crippen LogP contribution in [0.2, 0.25) is 0 Å². The molecule has 76 valence electrons. The molecule has 0 heterocycles. The van der Waals surface area contributed by atoms with E-state index < -0.39 is 6.36 Å². The first-order valence-corrected chi connectivity index (χ1v) is 3.49. The molecule has 0 radical (unpaired) electrons. The first-order chi connectivity index (χ1) is 4.95. The van der Waals surface area contributed by atoms with Crippen LogP contribution in [0.5, 0.6) is 0 Å². The van der Waals surface area contributed by atoms with Gasteiger partial charge in [-0.05, 0) is 13.8 Å². The molecule has 0 aliphatic rings. The van der Waals surface area contributed by atoms with E-state index in [1.807, 2.05) is 6.92 Å². The number of halogens is 4. The summed E-state index contributed by atoms with van der Waals surface area (Å²) in [7, 11) is 0. The van der Waals surface area contributed by atoms with Crippen LogP contribution in [0.15, 0.2) is 0 Å². The molecule has 0 aliphatic carbocycles. The Morgan fingerprint density at radius 1 is 1.42 bits per heavy atom. The van der Waals surface area contributed by atoms with Crippen molar-refractivity contribution in [2.24, 2.45) is 0 Å². The fourth-order valence-corrected chi connectivity index (χ4v) is 0.696. The van der Waals surface area contributed by atoms with Gasteiger partial charge in [0.15, 0.2) is 0 Å². The summed E-state index contributed by atoms with van der Waals surface area (Å²) in [5.41, 5.74) is 0. The van der Waals surface area contributed by atoms with E-state index >= 15 is 0 Å². The van der Waals surface area contributed by atoms with E-state index in [4.69, 9.17) is 0 Å². The SMILES string of the molecule is CC[NH2+]C(C)COC(F)(F)F.[Cl-]. The molecule has 0 amide bonds. The minimum atomic E-state index is -4.49. The average Bonchev–Trinajstić information content (AvgIpc) is 1.83. The summed E-state index contributed by atoms with van der Waals surface area (Å²) < 4.78 is 37.9. The molecule has 1 unspecified atom stereocenters. The number of nitrogens with two attached hydrogens (primary N) is 1. The summed E-state index contributed by atoms with van der Waals surface area (Å²) in [6, 6.07) is -0.137. The van der Waals surface area contributed by atoms with Gasteiger partial charge in [-0.25, -0.2) is 0 Å². The number of ether oxygens (including phenoxy) is 1. The molecule has 0 bridgehead atoms. The lowest BCUT2D eigenvalue weighted by atomic mass is 10.4. The van der Waals surface area contributed by atoms with Crippen LogP contribution in [0.4, 0.5) is 13.2 Å². The fourth-order valence-electron chi connectivity index (χ4n) is 0.696. The Hall–Kier alpha value is -0.0000000000000000555. The Morgan fingerprint density at radius 2 is 1.92 bits per heavy atom. The van der Waals surface area contributed by atoms with Crippen LogP contribution < -0.4 is 17.7 Å². The maximum atomic E-state index is 11.4. The molecule has 2 nitrogen and oxygen atoms in total. The van der Waals surface area contributed by atoms with Crippen LogP contribution in [0.25, 0.3) is 0 Å². The lowest BCUT2D eigenvalue weighted by Crippen LogP contribution is -3.00. The third kappa shape index (κ3) is 10.0. The molecular formula is C6H13ClF3NO. The van der Waals surface area contributed by atoms with Gasteiger partial charge in [-0.1, -0.05) is 0 Å². The molecule has 0 aliphatic heterocycles. The van der Waals surface area contributed by atoms with E-state index in [1.54, 1.807) is 12.2 Å². The lowest BCUT2D eigenvalue weighted by Gasteiger charge is -2.11. The topological polar surface area (TPSA) is 25.8 Å². The van der Waals surface area contributed by atoms with Gasteiger partial charge in [0.05, 0.1) is 6.54 Å². The maximum absolute atomic E-state index is 11.4. The van der Waals surface area contributed by atoms with Crippen LogP contribution in [0, 0.1) is 0 Å². The highest BCUT2D eigenvalue weighted by atomic mass is 35.5. The summed E-state index contributed by atoms with van der Waals surface area (Å²) >= 11 is 0. The van der Waals surface area contributed by atoms with Gasteiger partial charge < -0.3 is 17.7 Å². The van der Waals surface area contributed by atoms with Crippen LogP contribution >= 0.6 is 0 Å². The fraction of sp³-hybridized carbons (Fsp3) is 1.00. The van der Waals surface area contributed by atoms with Crippen molar-refractivity contribution in [3.8, 4) is 0 Å². The van der Waals surface area contributed by atoms with Crippen molar-refractivity contribution < 1.29 is 35.6 Å². The zero-order chi connectivity index (χ0) is 8.91. The predicted molar refractivity (Wildman–Crippen MR) is 33.9 cm³/mol. The van der Waals surface area contributed by atoms with Crippen LogP contribution in [-0.4, -0.2) is 25.6 Å². The van der Waals surface area contributed by atoms with Crippen molar-refractivity contribution in [2.45, 2.75) is 26.3 Å². The van der Waals surface area contributed by atoms with E-state index in [-0.39, 0.29) is 25.1 Å². The number of quaternary nitrogens is 1. The van der Waals surface area contributed by atoms with Gasteiger partial charge in [0, 0.05) is 0 Å². The second kappa shape index (κ2) is 6.51. The number of likely N-dealkylation sites (N-methyl/N-ethyl adjacent to an activating group) is 1. The Balaban J connectivity index is 0. The standard InChI is InChI=1S/C6H12F3NO.ClH/c1-3-10-5(2)4-11-6(7,8)9;/h5,10H,3-4H2,1-2H3;1H. The number of rotatable bonds is 4. The molecule has 0 aromatic heterocycles. The average molecular weight is 208 g/mol. The second-order valence-electron chi connectivity index (χ2n) is 2.38. The molecule has 12 heavy (non-hydrogen) atoms. The summed E-state index contributed by atoms with van der Waals surface area (Å²) in [6.07, 6.45) is -4.49. The molecule has 1 atom stereocenters. The highest BCUT2D eigenvalue weighted by Gasteiger charge is 2.30. The molecule has 2 N–H and O–H groups in total. The largest absolute Gasteiger partial charge is 1.00 e. The Kier molecular flexibility index (Phi) is 7.88. The van der Waals surface area contributed by atoms with Crippen LogP contribution in [0.1, 0.15) is 13.8 Å².